The summed E-state index contributed by atoms with van der Waals surface area (Å²) < 4.78 is 0. The lowest BCUT2D eigenvalue weighted by Crippen LogP contribution is -2.57. The summed E-state index contributed by atoms with van der Waals surface area (Å²) >= 11 is 0. The molecule has 1 fully saturated rings. The van der Waals surface area contributed by atoms with Crippen LogP contribution in [0.15, 0.2) is 54.6 Å². The van der Waals surface area contributed by atoms with Crippen LogP contribution in [0.1, 0.15) is 48.9 Å². The Morgan fingerprint density at radius 1 is 0.903 bits per heavy atom. The molecule has 2 aliphatic carbocycles. The first kappa shape index (κ1) is 20.8. The van der Waals surface area contributed by atoms with Gasteiger partial charge in [-0.1, -0.05) is 48.5 Å². The molecule has 1 heterocycles. The Hall–Kier alpha value is -2.10. The van der Waals surface area contributed by atoms with Gasteiger partial charge in [-0.05, 0) is 89.8 Å². The summed E-state index contributed by atoms with van der Waals surface area (Å²) in [5, 5.41) is 1.45. The fourth-order valence-electron chi connectivity index (χ4n) is 7.08. The fourth-order valence-corrected chi connectivity index (χ4v) is 7.08. The maximum Gasteiger partial charge on any atom is 0.0496 e. The average molecular weight is 416 g/mol. The number of para-hydroxylation sites is 1. The molecule has 31 heavy (non-hydrogen) atoms. The van der Waals surface area contributed by atoms with Crippen molar-refractivity contribution >= 4 is 10.9 Å². The molecule has 5 rings (SSSR count). The monoisotopic (exact) mass is 415 g/mol. The van der Waals surface area contributed by atoms with E-state index in [4.69, 9.17) is 0 Å². The van der Waals surface area contributed by atoms with Crippen LogP contribution in [-0.2, 0) is 17.4 Å². The first-order chi connectivity index (χ1) is 15.0. The lowest BCUT2D eigenvalue weighted by atomic mass is 9.55. The quantitative estimate of drug-likeness (QED) is 0.602. The number of hydrogen-bond acceptors (Lipinski definition) is 2. The van der Waals surface area contributed by atoms with Crippen molar-refractivity contribution in [3.63, 3.8) is 0 Å². The number of nitrogens with zero attached hydrogens (tertiary/aromatic N) is 2. The number of nitrogens with one attached hydrogen (secondary N) is 1. The summed E-state index contributed by atoms with van der Waals surface area (Å²) in [7, 11) is 9.07. The molecule has 1 saturated carbocycles. The molecule has 3 heteroatoms. The normalized spacial score (nSPS) is 28.5. The molecule has 2 aliphatic rings. The van der Waals surface area contributed by atoms with Crippen molar-refractivity contribution in [1.29, 1.82) is 0 Å². The Morgan fingerprint density at radius 3 is 2.39 bits per heavy atom. The van der Waals surface area contributed by atoms with Crippen LogP contribution in [0.25, 0.3) is 10.9 Å². The van der Waals surface area contributed by atoms with Gasteiger partial charge in [0.15, 0.2) is 0 Å². The number of aryl methyl sites for hydroxylation is 1. The Kier molecular flexibility index (Phi) is 5.22. The molecule has 0 radical (unpaired) electrons. The van der Waals surface area contributed by atoms with E-state index in [0.29, 0.717) is 5.92 Å². The van der Waals surface area contributed by atoms with E-state index >= 15 is 0 Å². The average Bonchev–Trinajstić information content (AvgIpc) is 3.15. The molecule has 3 aromatic rings. The van der Waals surface area contributed by atoms with Crippen molar-refractivity contribution in [3.8, 4) is 0 Å². The van der Waals surface area contributed by atoms with Crippen LogP contribution in [0, 0.1) is 5.92 Å². The second kappa shape index (κ2) is 7.79. The molecule has 1 N–H and O–H groups in total. The number of hydrogen-bond donors (Lipinski definition) is 1. The van der Waals surface area contributed by atoms with Gasteiger partial charge in [-0.3, -0.25) is 4.90 Å². The van der Waals surface area contributed by atoms with Crippen LogP contribution in [0.5, 0.6) is 0 Å². The minimum Gasteiger partial charge on any atom is -0.358 e. The number of rotatable bonds is 4. The zero-order valence-electron chi connectivity index (χ0n) is 19.6. The fraction of sp³-hybridized carbons (Fsp3) is 0.500. The van der Waals surface area contributed by atoms with Crippen LogP contribution in [-0.4, -0.2) is 49.5 Å². The number of aromatic nitrogens is 1. The standard InChI is InChI=1S/C28H37N3/c1-30(2)20-22-19-27(17-18-28(22,31(3)4)21-11-6-5-7-12-21)16-10-14-24-23-13-8-9-15-25(23)29-26(24)27/h5-9,11-13,15,22,29H,10,14,16-20H2,1-4H3. The molecule has 0 bridgehead atoms. The first-order valence-electron chi connectivity index (χ1n) is 11.9. The van der Waals surface area contributed by atoms with E-state index in [0.717, 1.165) is 6.54 Å². The van der Waals surface area contributed by atoms with E-state index < -0.39 is 0 Å². The molecule has 0 amide bonds. The minimum atomic E-state index is 0.0837. The summed E-state index contributed by atoms with van der Waals surface area (Å²) in [4.78, 5) is 8.85. The highest BCUT2D eigenvalue weighted by Gasteiger charge is 2.53. The topological polar surface area (TPSA) is 22.3 Å². The maximum atomic E-state index is 3.92. The summed E-state index contributed by atoms with van der Waals surface area (Å²) in [6.45, 7) is 1.12. The molecular weight excluding hydrogens is 378 g/mol. The SMILES string of the molecule is CN(C)CC1CC2(CCCc3c2[nH]c2ccccc32)CCC1(c1ccccc1)N(C)C. The highest BCUT2D eigenvalue weighted by molar-refractivity contribution is 5.85. The smallest absolute Gasteiger partial charge is 0.0496 e. The zero-order valence-corrected chi connectivity index (χ0v) is 19.6. The molecule has 164 valence electrons. The van der Waals surface area contributed by atoms with Gasteiger partial charge in [0.25, 0.3) is 0 Å². The van der Waals surface area contributed by atoms with E-state index in [1.54, 1.807) is 11.3 Å². The molecule has 1 spiro atoms. The Morgan fingerprint density at radius 2 is 1.65 bits per heavy atom. The zero-order chi connectivity index (χ0) is 21.6. The van der Waals surface area contributed by atoms with E-state index in [1.165, 1.54) is 55.0 Å². The van der Waals surface area contributed by atoms with Crippen LogP contribution in [0.4, 0.5) is 0 Å². The summed E-state index contributed by atoms with van der Waals surface area (Å²) in [6, 6.07) is 20.2. The molecule has 1 aromatic heterocycles. The lowest BCUT2D eigenvalue weighted by Gasteiger charge is -2.56. The van der Waals surface area contributed by atoms with E-state index in [1.807, 2.05) is 0 Å². The Bertz CT molecular complexity index is 1050. The van der Waals surface area contributed by atoms with Gasteiger partial charge in [0.1, 0.15) is 0 Å². The molecule has 3 nitrogen and oxygen atoms in total. The van der Waals surface area contributed by atoms with Gasteiger partial charge < -0.3 is 9.88 Å². The molecule has 0 saturated heterocycles. The highest BCUT2D eigenvalue weighted by Crippen LogP contribution is 2.56. The second-order valence-electron chi connectivity index (χ2n) is 10.5. The molecular formula is C28H37N3. The van der Waals surface area contributed by atoms with E-state index in [9.17, 15) is 0 Å². The van der Waals surface area contributed by atoms with Crippen molar-refractivity contribution in [1.82, 2.24) is 14.8 Å². The van der Waals surface area contributed by atoms with E-state index in [2.05, 4.69) is 97.6 Å². The van der Waals surface area contributed by atoms with Crippen molar-refractivity contribution in [2.45, 2.75) is 49.5 Å². The van der Waals surface area contributed by atoms with Crippen molar-refractivity contribution in [2.75, 3.05) is 34.7 Å². The Balaban J connectivity index is 1.62. The van der Waals surface area contributed by atoms with Crippen LogP contribution >= 0.6 is 0 Å². The van der Waals surface area contributed by atoms with Crippen molar-refractivity contribution in [3.05, 3.63) is 71.4 Å². The second-order valence-corrected chi connectivity index (χ2v) is 10.5. The van der Waals surface area contributed by atoms with Gasteiger partial charge in [0, 0.05) is 34.1 Å². The van der Waals surface area contributed by atoms with Gasteiger partial charge in [-0.15, -0.1) is 0 Å². The number of fused-ring (bicyclic) bond motifs is 4. The van der Waals surface area contributed by atoms with Crippen LogP contribution < -0.4 is 0 Å². The first-order valence-corrected chi connectivity index (χ1v) is 11.9. The molecule has 3 unspecified atom stereocenters. The van der Waals surface area contributed by atoms with E-state index in [-0.39, 0.29) is 11.0 Å². The van der Waals surface area contributed by atoms with Gasteiger partial charge in [-0.25, -0.2) is 0 Å². The minimum absolute atomic E-state index is 0.0837. The number of aromatic amines is 1. The predicted octanol–water partition coefficient (Wildman–Crippen LogP) is 5.56. The molecule has 0 aliphatic heterocycles. The van der Waals surface area contributed by atoms with Gasteiger partial charge in [-0.2, -0.15) is 0 Å². The molecule has 3 atom stereocenters. The summed E-state index contributed by atoms with van der Waals surface area (Å²) in [5.41, 5.74) is 6.33. The maximum absolute atomic E-state index is 3.92. The van der Waals surface area contributed by atoms with Crippen molar-refractivity contribution in [2.24, 2.45) is 5.92 Å². The van der Waals surface area contributed by atoms with Crippen molar-refractivity contribution < 1.29 is 0 Å². The highest BCUT2D eigenvalue weighted by atomic mass is 15.2. The van der Waals surface area contributed by atoms with Gasteiger partial charge in [0.2, 0.25) is 0 Å². The predicted molar refractivity (Wildman–Crippen MR) is 131 cm³/mol. The number of benzene rings is 2. The third-order valence-corrected chi connectivity index (χ3v) is 8.38. The third-order valence-electron chi connectivity index (χ3n) is 8.38. The van der Waals surface area contributed by atoms with Crippen LogP contribution in [0.2, 0.25) is 0 Å². The molecule has 2 aromatic carbocycles. The largest absolute Gasteiger partial charge is 0.358 e. The van der Waals surface area contributed by atoms with Gasteiger partial charge >= 0.3 is 0 Å². The van der Waals surface area contributed by atoms with Gasteiger partial charge in [0.05, 0.1) is 0 Å². The Labute approximate surface area is 187 Å². The lowest BCUT2D eigenvalue weighted by molar-refractivity contribution is -0.0147. The van der Waals surface area contributed by atoms with Crippen LogP contribution in [0.3, 0.4) is 0 Å². The summed E-state index contributed by atoms with van der Waals surface area (Å²) in [5.74, 6) is 0.575. The third kappa shape index (κ3) is 3.25. The summed E-state index contributed by atoms with van der Waals surface area (Å²) in [6.07, 6.45) is 7.55. The number of H-pyrrole nitrogens is 1.